The lowest BCUT2D eigenvalue weighted by atomic mass is 9.88. The van der Waals surface area contributed by atoms with Crippen LogP contribution in [0.2, 0.25) is 0 Å². The number of hydrogen-bond donors (Lipinski definition) is 1. The van der Waals surface area contributed by atoms with Gasteiger partial charge in [-0.15, -0.1) is 0 Å². The van der Waals surface area contributed by atoms with Crippen LogP contribution in [0.1, 0.15) is 49.7 Å². The highest BCUT2D eigenvalue weighted by atomic mass is 16.5. The number of aromatic nitrogens is 2. The molecule has 6 nitrogen and oxygen atoms in total. The van der Waals surface area contributed by atoms with E-state index in [1.165, 1.54) is 5.56 Å². The van der Waals surface area contributed by atoms with E-state index in [2.05, 4.69) is 27.1 Å². The van der Waals surface area contributed by atoms with Gasteiger partial charge in [0, 0.05) is 37.8 Å². The molecule has 1 N–H and O–H groups in total. The Morgan fingerprint density at radius 3 is 2.62 bits per heavy atom. The molecule has 1 unspecified atom stereocenters. The first-order chi connectivity index (χ1) is 11.4. The smallest absolute Gasteiger partial charge is 0.216 e. The van der Waals surface area contributed by atoms with Gasteiger partial charge in [0.2, 0.25) is 5.91 Å². The Hall–Kier alpha value is -1.69. The fourth-order valence-corrected chi connectivity index (χ4v) is 3.85. The Labute approximate surface area is 144 Å². The zero-order valence-corrected chi connectivity index (χ0v) is 15.2. The van der Waals surface area contributed by atoms with Crippen molar-refractivity contribution in [1.82, 2.24) is 15.3 Å². The standard InChI is InChI=1S/C18H28N4O2/c1-12-13(2)20-14(3)21-17(12)22-9-7-18(8-10-22)6-5-16(24-18)11-19-15(4)23/h16H,5-11H2,1-4H3,(H,19,23). The number of piperidine rings is 1. The molecule has 2 fully saturated rings. The highest BCUT2D eigenvalue weighted by Gasteiger charge is 2.42. The molecule has 0 aliphatic carbocycles. The summed E-state index contributed by atoms with van der Waals surface area (Å²) in [5.74, 6) is 1.92. The zero-order chi connectivity index (χ0) is 17.3. The number of rotatable bonds is 3. The normalized spacial score (nSPS) is 22.8. The summed E-state index contributed by atoms with van der Waals surface area (Å²) in [6.07, 6.45) is 4.32. The number of hydrogen-bond acceptors (Lipinski definition) is 5. The van der Waals surface area contributed by atoms with Crippen LogP contribution in [0.15, 0.2) is 0 Å². The molecule has 24 heavy (non-hydrogen) atoms. The van der Waals surface area contributed by atoms with Crippen molar-refractivity contribution in [3.8, 4) is 0 Å². The van der Waals surface area contributed by atoms with Gasteiger partial charge in [0.15, 0.2) is 0 Å². The van der Waals surface area contributed by atoms with Crippen molar-refractivity contribution in [2.24, 2.45) is 0 Å². The van der Waals surface area contributed by atoms with Crippen LogP contribution in [0.5, 0.6) is 0 Å². The summed E-state index contributed by atoms with van der Waals surface area (Å²) >= 11 is 0. The Balaban J connectivity index is 1.61. The number of nitrogens with zero attached hydrogens (tertiary/aromatic N) is 3. The van der Waals surface area contributed by atoms with Gasteiger partial charge >= 0.3 is 0 Å². The topological polar surface area (TPSA) is 67.4 Å². The van der Waals surface area contributed by atoms with Crippen molar-refractivity contribution < 1.29 is 9.53 Å². The number of carbonyl (C=O) groups excluding carboxylic acids is 1. The molecule has 3 rings (SSSR count). The molecule has 2 aliphatic heterocycles. The Kier molecular flexibility index (Phi) is 4.76. The van der Waals surface area contributed by atoms with Gasteiger partial charge in [0.25, 0.3) is 0 Å². The van der Waals surface area contributed by atoms with E-state index in [9.17, 15) is 4.79 Å². The lowest BCUT2D eigenvalue weighted by Gasteiger charge is -2.40. The first-order valence-corrected chi connectivity index (χ1v) is 8.88. The van der Waals surface area contributed by atoms with Crippen molar-refractivity contribution in [3.05, 3.63) is 17.1 Å². The largest absolute Gasteiger partial charge is 0.370 e. The van der Waals surface area contributed by atoms with Crippen LogP contribution in [0.4, 0.5) is 5.82 Å². The third-order valence-corrected chi connectivity index (χ3v) is 5.37. The predicted octanol–water partition coefficient (Wildman–Crippen LogP) is 2.06. The van der Waals surface area contributed by atoms with Crippen molar-refractivity contribution in [2.45, 2.75) is 65.1 Å². The van der Waals surface area contributed by atoms with E-state index in [1.807, 2.05) is 13.8 Å². The highest BCUT2D eigenvalue weighted by Crippen LogP contribution is 2.39. The van der Waals surface area contributed by atoms with E-state index in [4.69, 9.17) is 4.74 Å². The number of ether oxygens (including phenoxy) is 1. The Morgan fingerprint density at radius 2 is 1.96 bits per heavy atom. The van der Waals surface area contributed by atoms with Crippen LogP contribution >= 0.6 is 0 Å². The lowest BCUT2D eigenvalue weighted by molar-refractivity contribution is -0.120. The molecule has 3 heterocycles. The molecule has 6 heteroatoms. The Morgan fingerprint density at radius 1 is 1.25 bits per heavy atom. The fourth-order valence-electron chi connectivity index (χ4n) is 3.85. The molecule has 1 aromatic rings. The molecule has 0 bridgehead atoms. The second kappa shape index (κ2) is 6.67. The molecular weight excluding hydrogens is 304 g/mol. The van der Waals surface area contributed by atoms with Crippen LogP contribution < -0.4 is 10.2 Å². The summed E-state index contributed by atoms with van der Waals surface area (Å²) in [5, 5.41) is 2.87. The first-order valence-electron chi connectivity index (χ1n) is 8.88. The summed E-state index contributed by atoms with van der Waals surface area (Å²) < 4.78 is 6.33. The van der Waals surface area contributed by atoms with E-state index < -0.39 is 0 Å². The van der Waals surface area contributed by atoms with Crippen molar-refractivity contribution >= 4 is 11.7 Å². The van der Waals surface area contributed by atoms with Crippen molar-refractivity contribution in [3.63, 3.8) is 0 Å². The van der Waals surface area contributed by atoms with Gasteiger partial charge in [-0.2, -0.15) is 0 Å². The Bertz CT molecular complexity index is 624. The van der Waals surface area contributed by atoms with Gasteiger partial charge in [-0.1, -0.05) is 0 Å². The third-order valence-electron chi connectivity index (χ3n) is 5.37. The molecule has 1 amide bonds. The molecule has 0 aromatic carbocycles. The molecular formula is C18H28N4O2. The van der Waals surface area contributed by atoms with Gasteiger partial charge in [0.05, 0.1) is 11.7 Å². The maximum absolute atomic E-state index is 11.1. The number of amides is 1. The van der Waals surface area contributed by atoms with Gasteiger partial charge in [-0.25, -0.2) is 9.97 Å². The van der Waals surface area contributed by atoms with E-state index in [-0.39, 0.29) is 17.6 Å². The van der Waals surface area contributed by atoms with E-state index in [0.29, 0.717) is 6.54 Å². The second-order valence-corrected chi connectivity index (χ2v) is 7.19. The molecule has 132 valence electrons. The van der Waals surface area contributed by atoms with E-state index in [1.54, 1.807) is 6.92 Å². The summed E-state index contributed by atoms with van der Waals surface area (Å²) in [5.41, 5.74) is 2.22. The zero-order valence-electron chi connectivity index (χ0n) is 15.2. The summed E-state index contributed by atoms with van der Waals surface area (Å²) in [6, 6.07) is 0. The predicted molar refractivity (Wildman–Crippen MR) is 93.2 cm³/mol. The molecule has 2 aliphatic rings. The monoisotopic (exact) mass is 332 g/mol. The number of aryl methyl sites for hydroxylation is 2. The molecule has 0 radical (unpaired) electrons. The first kappa shape index (κ1) is 17.1. The van der Waals surface area contributed by atoms with Crippen LogP contribution in [0.3, 0.4) is 0 Å². The van der Waals surface area contributed by atoms with Crippen LogP contribution in [-0.4, -0.2) is 47.2 Å². The molecule has 1 aromatic heterocycles. The van der Waals surface area contributed by atoms with E-state index in [0.717, 1.165) is 56.1 Å². The summed E-state index contributed by atoms with van der Waals surface area (Å²) in [6.45, 7) is 10.2. The molecule has 0 saturated carbocycles. The minimum absolute atomic E-state index is 0.00927. The fraction of sp³-hybridized carbons (Fsp3) is 0.722. The molecule has 2 saturated heterocycles. The molecule has 1 atom stereocenters. The third kappa shape index (κ3) is 3.53. The maximum Gasteiger partial charge on any atom is 0.216 e. The lowest BCUT2D eigenvalue weighted by Crippen LogP contribution is -2.45. The van der Waals surface area contributed by atoms with Crippen LogP contribution in [-0.2, 0) is 9.53 Å². The number of nitrogens with one attached hydrogen (secondary N) is 1. The second-order valence-electron chi connectivity index (χ2n) is 7.19. The quantitative estimate of drug-likeness (QED) is 0.918. The van der Waals surface area contributed by atoms with E-state index >= 15 is 0 Å². The van der Waals surface area contributed by atoms with Crippen molar-refractivity contribution in [2.75, 3.05) is 24.5 Å². The van der Waals surface area contributed by atoms with Crippen LogP contribution in [0.25, 0.3) is 0 Å². The summed E-state index contributed by atoms with van der Waals surface area (Å²) in [7, 11) is 0. The van der Waals surface area contributed by atoms with Gasteiger partial charge in [-0.3, -0.25) is 4.79 Å². The van der Waals surface area contributed by atoms with Crippen molar-refractivity contribution in [1.29, 1.82) is 0 Å². The highest BCUT2D eigenvalue weighted by molar-refractivity contribution is 5.72. The van der Waals surface area contributed by atoms with Gasteiger partial charge in [0.1, 0.15) is 11.6 Å². The average molecular weight is 332 g/mol. The molecule has 1 spiro atoms. The number of carbonyl (C=O) groups is 1. The average Bonchev–Trinajstić information content (AvgIpc) is 2.93. The minimum atomic E-state index is -0.00927. The maximum atomic E-state index is 11.1. The summed E-state index contributed by atoms with van der Waals surface area (Å²) in [4.78, 5) is 22.5. The van der Waals surface area contributed by atoms with Gasteiger partial charge < -0.3 is 15.0 Å². The van der Waals surface area contributed by atoms with Crippen LogP contribution in [0, 0.1) is 20.8 Å². The minimum Gasteiger partial charge on any atom is -0.370 e. The van der Waals surface area contributed by atoms with Gasteiger partial charge in [-0.05, 0) is 46.5 Å². The number of anilines is 1. The SMILES string of the molecule is CC(=O)NCC1CCC2(CCN(c3nc(C)nc(C)c3C)CC2)O1.